The van der Waals surface area contributed by atoms with Crippen molar-refractivity contribution in [3.63, 3.8) is 0 Å². The van der Waals surface area contributed by atoms with E-state index in [2.05, 4.69) is 105 Å². The van der Waals surface area contributed by atoms with Gasteiger partial charge in [0, 0.05) is 26.0 Å². The van der Waals surface area contributed by atoms with Crippen LogP contribution in [0.4, 0.5) is 23.1 Å². The van der Waals surface area contributed by atoms with Gasteiger partial charge in [-0.2, -0.15) is 10.1 Å². The molecule has 0 atom stereocenters. The van der Waals surface area contributed by atoms with E-state index in [-0.39, 0.29) is 0 Å². The highest BCUT2D eigenvalue weighted by Crippen LogP contribution is 2.33. The molecule has 3 aromatic rings. The summed E-state index contributed by atoms with van der Waals surface area (Å²) in [7, 11) is 2.92. The summed E-state index contributed by atoms with van der Waals surface area (Å²) < 4.78 is 1.81. The van der Waals surface area contributed by atoms with Gasteiger partial charge in [-0.1, -0.05) is 85.4 Å². The largest absolute Gasteiger partial charge is 0.400 e. The smallest absolute Gasteiger partial charge is 0.229 e. The summed E-state index contributed by atoms with van der Waals surface area (Å²) in [5.74, 6) is 3.09. The fraction of sp³-hybridized carbons (Fsp3) is 0.611. The lowest BCUT2D eigenvalue weighted by molar-refractivity contribution is -0.0980. The number of halogens is 1. The summed E-state index contributed by atoms with van der Waals surface area (Å²) in [6, 6.07) is 4.52. The Morgan fingerprint density at radius 3 is 2.13 bits per heavy atom. The molecule has 260 valence electrons. The Kier molecular flexibility index (Phi) is 22.6. The van der Waals surface area contributed by atoms with Gasteiger partial charge in [0.05, 0.1) is 17.6 Å². The number of hydrogen-bond acceptors (Lipinski definition) is 8. The number of nitrogens with zero attached hydrogens (tertiary/aromatic N) is 4. The maximum absolute atomic E-state index is 8.00. The highest BCUT2D eigenvalue weighted by atomic mass is 35.5. The van der Waals surface area contributed by atoms with Crippen LogP contribution in [-0.4, -0.2) is 51.8 Å². The number of aryl methyl sites for hydroxylation is 3. The quantitative estimate of drug-likeness (QED) is 0.180. The van der Waals surface area contributed by atoms with E-state index in [1.165, 1.54) is 48.8 Å². The zero-order valence-electron chi connectivity index (χ0n) is 30.4. The van der Waals surface area contributed by atoms with Crippen LogP contribution in [0.5, 0.6) is 0 Å². The fourth-order valence-corrected chi connectivity index (χ4v) is 5.20. The van der Waals surface area contributed by atoms with Crippen molar-refractivity contribution in [3.05, 3.63) is 51.9 Å². The van der Waals surface area contributed by atoms with E-state index in [0.717, 1.165) is 49.6 Å². The predicted octanol–water partition coefficient (Wildman–Crippen LogP) is 8.92. The summed E-state index contributed by atoms with van der Waals surface area (Å²) in [6.07, 6.45) is 10.8. The second kappa shape index (κ2) is 24.2. The summed E-state index contributed by atoms with van der Waals surface area (Å²) in [6.45, 7) is 23.8. The molecule has 0 unspecified atom stereocenters. The van der Waals surface area contributed by atoms with Crippen molar-refractivity contribution < 1.29 is 9.90 Å². The van der Waals surface area contributed by atoms with Crippen LogP contribution in [0.2, 0.25) is 5.02 Å². The summed E-state index contributed by atoms with van der Waals surface area (Å²) in [4.78, 5) is 17.1. The van der Waals surface area contributed by atoms with Crippen LogP contribution in [0.15, 0.2) is 24.5 Å². The Morgan fingerprint density at radius 1 is 1.00 bits per heavy atom. The third-order valence-electron chi connectivity index (χ3n) is 7.01. The first-order valence-corrected chi connectivity index (χ1v) is 17.0. The zero-order chi connectivity index (χ0) is 35.2. The highest BCUT2D eigenvalue weighted by molar-refractivity contribution is 6.32. The van der Waals surface area contributed by atoms with E-state index in [0.29, 0.717) is 28.6 Å². The first-order valence-electron chi connectivity index (χ1n) is 16.6. The highest BCUT2D eigenvalue weighted by Gasteiger charge is 2.19. The second-order valence-corrected chi connectivity index (χ2v) is 12.7. The third-order valence-corrected chi connectivity index (χ3v) is 7.29. The Morgan fingerprint density at radius 2 is 1.61 bits per heavy atom. The molecular weight excluding hydrogens is 598 g/mol. The zero-order valence-corrected chi connectivity index (χ0v) is 31.2. The van der Waals surface area contributed by atoms with Crippen molar-refractivity contribution in [1.29, 1.82) is 0 Å². The van der Waals surface area contributed by atoms with Crippen molar-refractivity contribution in [1.82, 2.24) is 25.1 Å². The molecule has 4 rings (SSSR count). The average Bonchev–Trinajstić information content (AvgIpc) is 3.36. The number of hydrogen-bond donors (Lipinski definition) is 4. The van der Waals surface area contributed by atoms with Gasteiger partial charge in [-0.3, -0.25) is 4.68 Å². The van der Waals surface area contributed by atoms with E-state index >= 15 is 0 Å². The SMILES string of the molecule is C=O.CCC.CCCC(C)C.CO.Cc1cc(C2CCNCC2)c(C)cc1Nc1ncc(Cl)c(Nc2cn(C)nc2CC(C)C)n1. The molecule has 1 aliphatic rings. The Bertz CT molecular complexity index is 1240. The monoisotopic (exact) mass is 659 g/mol. The van der Waals surface area contributed by atoms with Crippen molar-refractivity contribution in [2.45, 2.75) is 107 Å². The number of carbonyl (C=O) groups is 1. The minimum Gasteiger partial charge on any atom is -0.400 e. The van der Waals surface area contributed by atoms with E-state index in [9.17, 15) is 0 Å². The molecule has 1 saturated heterocycles. The van der Waals surface area contributed by atoms with Gasteiger partial charge in [-0.05, 0) is 86.7 Å². The molecule has 1 fully saturated rings. The summed E-state index contributed by atoms with van der Waals surface area (Å²) in [5, 5.41) is 22.3. The molecule has 3 heterocycles. The predicted molar refractivity (Wildman–Crippen MR) is 197 cm³/mol. The van der Waals surface area contributed by atoms with Crippen molar-refractivity contribution in [2.24, 2.45) is 18.9 Å². The van der Waals surface area contributed by atoms with E-state index < -0.39 is 0 Å². The van der Waals surface area contributed by atoms with E-state index in [1.807, 2.05) is 24.7 Å². The molecule has 46 heavy (non-hydrogen) atoms. The number of aromatic nitrogens is 4. The maximum Gasteiger partial charge on any atom is 0.229 e. The molecule has 10 heteroatoms. The molecule has 0 bridgehead atoms. The lowest BCUT2D eigenvalue weighted by Crippen LogP contribution is -2.27. The van der Waals surface area contributed by atoms with E-state index in [1.54, 1.807) is 6.20 Å². The van der Waals surface area contributed by atoms with E-state index in [4.69, 9.17) is 21.5 Å². The lowest BCUT2D eigenvalue weighted by Gasteiger charge is -2.25. The molecule has 0 radical (unpaired) electrons. The minimum absolute atomic E-state index is 0.467. The third kappa shape index (κ3) is 15.5. The normalized spacial score (nSPS) is 12.4. The van der Waals surface area contributed by atoms with Gasteiger partial charge < -0.3 is 25.9 Å². The Labute approximate surface area is 284 Å². The van der Waals surface area contributed by atoms with Crippen molar-refractivity contribution >= 4 is 41.5 Å². The number of aliphatic hydroxyl groups is 1. The van der Waals surface area contributed by atoms with Crippen molar-refractivity contribution in [3.8, 4) is 0 Å². The van der Waals surface area contributed by atoms with Gasteiger partial charge in [0.25, 0.3) is 0 Å². The Hall–Kier alpha value is -3.01. The van der Waals surface area contributed by atoms with Crippen LogP contribution < -0.4 is 16.0 Å². The fourth-order valence-electron chi connectivity index (χ4n) is 5.06. The van der Waals surface area contributed by atoms with Gasteiger partial charge in [0.2, 0.25) is 5.95 Å². The van der Waals surface area contributed by atoms with Gasteiger partial charge >= 0.3 is 0 Å². The van der Waals surface area contributed by atoms with Gasteiger partial charge in [0.15, 0.2) is 5.82 Å². The van der Waals surface area contributed by atoms with Gasteiger partial charge in [0.1, 0.15) is 11.8 Å². The number of carbonyl (C=O) groups excluding carboxylic acids is 1. The number of rotatable bonds is 9. The van der Waals surface area contributed by atoms with Crippen LogP contribution in [0.25, 0.3) is 0 Å². The van der Waals surface area contributed by atoms with Gasteiger partial charge in [-0.25, -0.2) is 4.98 Å². The van der Waals surface area contributed by atoms with Crippen LogP contribution >= 0.6 is 11.6 Å². The van der Waals surface area contributed by atoms with Gasteiger partial charge in [-0.15, -0.1) is 0 Å². The number of aliphatic hydroxyl groups excluding tert-OH is 1. The number of benzene rings is 1. The average molecular weight is 660 g/mol. The molecule has 2 aromatic heterocycles. The van der Waals surface area contributed by atoms with Crippen molar-refractivity contribution in [2.75, 3.05) is 30.8 Å². The maximum atomic E-state index is 8.00. The van der Waals surface area contributed by atoms with Crippen LogP contribution in [-0.2, 0) is 18.3 Å². The Balaban J connectivity index is 0.00000134. The molecule has 9 nitrogen and oxygen atoms in total. The van der Waals surface area contributed by atoms with Crippen LogP contribution in [0, 0.1) is 25.7 Å². The molecule has 0 amide bonds. The molecule has 0 spiro atoms. The first-order chi connectivity index (χ1) is 22.0. The molecule has 0 aliphatic carbocycles. The standard InChI is InChI=1S/C25H34ClN7.C6H14.C3H8.CH4O.CH2O/c1-15(2)10-22-23(14-33(5)32-22)29-24-20(26)13-28-25(31-24)30-21-12-16(3)19(11-17(21)4)18-6-8-27-9-7-18;1-4-5-6(2)3;1-3-2;2*1-2/h11-15,18,27H,6-10H2,1-5H3,(H2,28,29,30,31);6H,4-5H2,1-3H3;3H2,1-2H3;2H,1H3;1H2. The minimum atomic E-state index is 0.467. The lowest BCUT2D eigenvalue weighted by atomic mass is 9.86. The molecule has 1 aromatic carbocycles. The number of piperidine rings is 1. The second-order valence-electron chi connectivity index (χ2n) is 12.3. The summed E-state index contributed by atoms with van der Waals surface area (Å²) >= 11 is 6.43. The molecule has 4 N–H and O–H groups in total. The topological polar surface area (TPSA) is 117 Å². The molecule has 1 aliphatic heterocycles. The van der Waals surface area contributed by atoms with Crippen LogP contribution in [0.1, 0.15) is 109 Å². The molecule has 0 saturated carbocycles. The number of anilines is 4. The number of nitrogens with one attached hydrogen (secondary N) is 3. The van der Waals surface area contributed by atoms with Crippen LogP contribution in [0.3, 0.4) is 0 Å². The summed E-state index contributed by atoms with van der Waals surface area (Å²) in [5.41, 5.74) is 6.87. The molecular formula is C36H62ClN7O2. The first kappa shape index (κ1) is 43.0.